The second-order valence-electron chi connectivity index (χ2n) is 5.79. The maximum Gasteiger partial charge on any atom is 0.0594 e. The summed E-state index contributed by atoms with van der Waals surface area (Å²) in [7, 11) is 0. The second kappa shape index (κ2) is 7.98. The predicted octanol–water partition coefficient (Wildman–Crippen LogP) is 4.70. The number of hydrogen-bond donors (Lipinski definition) is 0. The number of para-hydroxylation sites is 1. The lowest BCUT2D eigenvalue weighted by atomic mass is 10.2. The van der Waals surface area contributed by atoms with Crippen LogP contribution in [0.3, 0.4) is 0 Å². The van der Waals surface area contributed by atoms with Crippen molar-refractivity contribution in [3.05, 3.63) is 47.5 Å². The van der Waals surface area contributed by atoms with Crippen LogP contribution in [0.5, 0.6) is 0 Å². The zero-order valence-corrected chi connectivity index (χ0v) is 15.7. The molecule has 2 aromatic rings. The van der Waals surface area contributed by atoms with Crippen LogP contribution in [-0.2, 0) is 4.74 Å². The monoisotopic (exact) mass is 382 g/mol. The summed E-state index contributed by atoms with van der Waals surface area (Å²) in [4.78, 5) is 7.46. The molecule has 128 valence electrons. The van der Waals surface area contributed by atoms with Crippen molar-refractivity contribution in [3.8, 4) is 0 Å². The third kappa shape index (κ3) is 3.68. The average molecular weight is 383 g/mol. The van der Waals surface area contributed by atoms with Gasteiger partial charge in [-0.3, -0.25) is 4.90 Å². The number of anilines is 2. The van der Waals surface area contributed by atoms with E-state index in [9.17, 15) is 0 Å². The third-order valence-electron chi connectivity index (χ3n) is 4.33. The van der Waals surface area contributed by atoms with E-state index in [1.54, 1.807) is 0 Å². The fourth-order valence-electron chi connectivity index (χ4n) is 3.11. The molecule has 0 radical (unpaired) electrons. The van der Waals surface area contributed by atoms with Gasteiger partial charge in [0.2, 0.25) is 0 Å². The van der Waals surface area contributed by atoms with Crippen molar-refractivity contribution >= 4 is 47.1 Å². The maximum atomic E-state index is 6.26. The molecule has 2 aliphatic heterocycles. The molecule has 0 N–H and O–H groups in total. The van der Waals surface area contributed by atoms with Gasteiger partial charge in [0.05, 0.1) is 24.6 Å². The van der Waals surface area contributed by atoms with Gasteiger partial charge < -0.3 is 9.64 Å². The van der Waals surface area contributed by atoms with E-state index >= 15 is 0 Å². The van der Waals surface area contributed by atoms with E-state index in [1.807, 2.05) is 17.8 Å². The van der Waals surface area contributed by atoms with Gasteiger partial charge >= 0.3 is 0 Å². The molecule has 2 aromatic carbocycles. The summed E-state index contributed by atoms with van der Waals surface area (Å²) in [5.74, 6) is 0. The molecular weight excluding hydrogens is 363 g/mol. The lowest BCUT2D eigenvalue weighted by Gasteiger charge is -2.35. The first-order chi connectivity index (χ1) is 11.3. The fourth-order valence-corrected chi connectivity index (χ4v) is 4.35. The van der Waals surface area contributed by atoms with Crippen molar-refractivity contribution in [2.24, 2.45) is 0 Å². The number of halogens is 2. The highest BCUT2D eigenvalue weighted by Crippen LogP contribution is 2.48. The van der Waals surface area contributed by atoms with E-state index in [0.717, 1.165) is 44.4 Å². The molecule has 0 amide bonds. The Morgan fingerprint density at radius 2 is 1.71 bits per heavy atom. The molecule has 0 spiro atoms. The number of morpholine rings is 1. The Labute approximate surface area is 158 Å². The van der Waals surface area contributed by atoms with Gasteiger partial charge in [-0.2, -0.15) is 0 Å². The number of benzene rings is 2. The predicted molar refractivity (Wildman–Crippen MR) is 104 cm³/mol. The molecule has 0 saturated carbocycles. The van der Waals surface area contributed by atoms with Crippen molar-refractivity contribution in [3.63, 3.8) is 0 Å². The average Bonchev–Trinajstić information content (AvgIpc) is 2.60. The Kier molecular flexibility index (Phi) is 5.95. The van der Waals surface area contributed by atoms with Crippen LogP contribution in [-0.4, -0.2) is 44.3 Å². The Balaban J connectivity index is 0.00000169. The second-order valence-corrected chi connectivity index (χ2v) is 7.31. The first-order valence-corrected chi connectivity index (χ1v) is 9.15. The smallest absolute Gasteiger partial charge is 0.0594 e. The number of hydrogen-bond acceptors (Lipinski definition) is 4. The highest BCUT2D eigenvalue weighted by molar-refractivity contribution is 7.99. The molecule has 3 nitrogen and oxygen atoms in total. The molecule has 0 atom stereocenters. The van der Waals surface area contributed by atoms with Gasteiger partial charge in [-0.25, -0.2) is 0 Å². The van der Waals surface area contributed by atoms with Crippen molar-refractivity contribution < 1.29 is 4.74 Å². The normalized spacial score (nSPS) is 17.0. The van der Waals surface area contributed by atoms with Crippen LogP contribution in [0.1, 0.15) is 0 Å². The van der Waals surface area contributed by atoms with Gasteiger partial charge in [0, 0.05) is 41.0 Å². The summed E-state index contributed by atoms with van der Waals surface area (Å²) in [6.07, 6.45) is 0. The van der Waals surface area contributed by atoms with Crippen LogP contribution < -0.4 is 4.90 Å². The molecule has 0 unspecified atom stereocenters. The standard InChI is InChI=1S/C18H19ClN2OS.ClH/c19-14-5-6-18-16(13-14)21(8-7-20-9-11-22-12-10-20)15-3-1-2-4-17(15)23-18;/h1-6,13H,7-12H2;1H. The van der Waals surface area contributed by atoms with E-state index in [4.69, 9.17) is 16.3 Å². The van der Waals surface area contributed by atoms with Crippen LogP contribution >= 0.6 is 35.8 Å². The first kappa shape index (κ1) is 17.9. The molecule has 6 heteroatoms. The summed E-state index contributed by atoms with van der Waals surface area (Å²) >= 11 is 8.08. The topological polar surface area (TPSA) is 15.7 Å². The quantitative estimate of drug-likeness (QED) is 0.763. The molecule has 0 aliphatic carbocycles. The highest BCUT2D eigenvalue weighted by Gasteiger charge is 2.24. The van der Waals surface area contributed by atoms with Gasteiger partial charge in [-0.1, -0.05) is 35.5 Å². The zero-order chi connectivity index (χ0) is 15.6. The molecule has 1 saturated heterocycles. The molecule has 0 bridgehead atoms. The van der Waals surface area contributed by atoms with E-state index in [0.29, 0.717) is 0 Å². The summed E-state index contributed by atoms with van der Waals surface area (Å²) < 4.78 is 5.44. The summed E-state index contributed by atoms with van der Waals surface area (Å²) in [5, 5.41) is 0.792. The first-order valence-electron chi connectivity index (χ1n) is 7.95. The third-order valence-corrected chi connectivity index (χ3v) is 5.70. The van der Waals surface area contributed by atoms with E-state index in [1.165, 1.54) is 21.2 Å². The van der Waals surface area contributed by atoms with Gasteiger partial charge in [-0.05, 0) is 30.3 Å². The van der Waals surface area contributed by atoms with Crippen molar-refractivity contribution in [2.45, 2.75) is 9.79 Å². The van der Waals surface area contributed by atoms with Crippen LogP contribution in [0.2, 0.25) is 5.02 Å². The number of ether oxygens (including phenoxy) is 1. The lowest BCUT2D eigenvalue weighted by Crippen LogP contribution is -2.41. The molecular formula is C18H20Cl2N2OS. The van der Waals surface area contributed by atoms with Crippen LogP contribution in [0, 0.1) is 0 Å². The lowest BCUT2D eigenvalue weighted by molar-refractivity contribution is 0.0394. The Bertz CT molecular complexity index is 707. The molecule has 1 fully saturated rings. The van der Waals surface area contributed by atoms with Gasteiger partial charge in [0.15, 0.2) is 0 Å². The molecule has 2 aliphatic rings. The van der Waals surface area contributed by atoms with Gasteiger partial charge in [-0.15, -0.1) is 12.4 Å². The highest BCUT2D eigenvalue weighted by atomic mass is 35.5. The molecule has 4 rings (SSSR count). The minimum atomic E-state index is 0. The fraction of sp³-hybridized carbons (Fsp3) is 0.333. The number of nitrogens with zero attached hydrogens (tertiary/aromatic N) is 2. The Morgan fingerprint density at radius 3 is 2.54 bits per heavy atom. The van der Waals surface area contributed by atoms with Crippen LogP contribution in [0.4, 0.5) is 11.4 Å². The minimum absolute atomic E-state index is 0. The minimum Gasteiger partial charge on any atom is -0.379 e. The SMILES string of the molecule is Cl.Clc1ccc2c(c1)N(CCN1CCOCC1)c1ccccc1S2. The van der Waals surface area contributed by atoms with E-state index in [2.05, 4.69) is 46.2 Å². The van der Waals surface area contributed by atoms with Crippen molar-refractivity contribution in [1.82, 2.24) is 4.90 Å². The molecule has 2 heterocycles. The molecule has 0 aromatic heterocycles. The van der Waals surface area contributed by atoms with Gasteiger partial charge in [0.1, 0.15) is 0 Å². The summed E-state index contributed by atoms with van der Waals surface area (Å²) in [5.41, 5.74) is 2.50. The summed E-state index contributed by atoms with van der Waals surface area (Å²) in [6, 6.07) is 14.8. The van der Waals surface area contributed by atoms with Crippen molar-refractivity contribution in [2.75, 3.05) is 44.3 Å². The van der Waals surface area contributed by atoms with Crippen LogP contribution in [0.25, 0.3) is 0 Å². The Hall–Kier alpha value is -0.910. The number of fused-ring (bicyclic) bond motifs is 2. The zero-order valence-electron chi connectivity index (χ0n) is 13.3. The summed E-state index contributed by atoms with van der Waals surface area (Å²) in [6.45, 7) is 5.72. The van der Waals surface area contributed by atoms with E-state index in [-0.39, 0.29) is 12.4 Å². The van der Waals surface area contributed by atoms with Crippen molar-refractivity contribution in [1.29, 1.82) is 0 Å². The maximum absolute atomic E-state index is 6.26. The number of rotatable bonds is 3. The van der Waals surface area contributed by atoms with Crippen LogP contribution in [0.15, 0.2) is 52.3 Å². The van der Waals surface area contributed by atoms with E-state index < -0.39 is 0 Å². The molecule has 24 heavy (non-hydrogen) atoms. The largest absolute Gasteiger partial charge is 0.379 e. The van der Waals surface area contributed by atoms with Gasteiger partial charge in [0.25, 0.3) is 0 Å². The Morgan fingerprint density at radius 1 is 0.958 bits per heavy atom.